The first kappa shape index (κ1) is 24.8. The Hall–Kier alpha value is -3.33. The molecule has 0 aliphatic carbocycles. The van der Waals surface area contributed by atoms with Gasteiger partial charge in [-0.2, -0.15) is 0 Å². The van der Waals surface area contributed by atoms with E-state index in [1.807, 2.05) is 77.4 Å². The molecule has 180 valence electrons. The molecule has 1 N–H and O–H groups in total. The smallest absolute Gasteiger partial charge is 0.251 e. The summed E-state index contributed by atoms with van der Waals surface area (Å²) in [5.41, 5.74) is 3.23. The lowest BCUT2D eigenvalue weighted by atomic mass is 10.1. The summed E-state index contributed by atoms with van der Waals surface area (Å²) < 4.78 is 12.4. The number of benzene rings is 3. The molecule has 9 heteroatoms. The van der Waals surface area contributed by atoms with Crippen molar-refractivity contribution < 1.29 is 14.3 Å². The zero-order valence-corrected chi connectivity index (χ0v) is 21.0. The van der Waals surface area contributed by atoms with Crippen molar-refractivity contribution in [3.8, 4) is 22.8 Å². The molecule has 0 saturated heterocycles. The van der Waals surface area contributed by atoms with E-state index in [0.717, 1.165) is 22.6 Å². The van der Waals surface area contributed by atoms with Crippen molar-refractivity contribution >= 4 is 29.3 Å². The van der Waals surface area contributed by atoms with Crippen molar-refractivity contribution in [3.63, 3.8) is 0 Å². The monoisotopic (exact) mass is 508 g/mol. The van der Waals surface area contributed by atoms with Crippen molar-refractivity contribution in [1.29, 1.82) is 0 Å². The van der Waals surface area contributed by atoms with Gasteiger partial charge in [0, 0.05) is 35.6 Å². The second kappa shape index (κ2) is 11.9. The van der Waals surface area contributed by atoms with Crippen LogP contribution in [0.2, 0.25) is 5.02 Å². The number of halogens is 1. The lowest BCUT2D eigenvalue weighted by molar-refractivity contribution is 0.0936. The summed E-state index contributed by atoms with van der Waals surface area (Å²) in [7, 11) is 3.23. The largest absolute Gasteiger partial charge is 0.497 e. The summed E-state index contributed by atoms with van der Waals surface area (Å²) in [4.78, 5) is 12.7. The maximum atomic E-state index is 12.7. The molecule has 0 aliphatic heterocycles. The van der Waals surface area contributed by atoms with Crippen molar-refractivity contribution in [1.82, 2.24) is 20.1 Å². The van der Waals surface area contributed by atoms with Crippen LogP contribution in [0.5, 0.6) is 5.75 Å². The molecule has 4 rings (SSSR count). The van der Waals surface area contributed by atoms with Crippen molar-refractivity contribution in [2.75, 3.05) is 27.4 Å². The molecule has 4 aromatic rings. The third-order valence-corrected chi connectivity index (χ3v) is 6.45. The number of carbonyl (C=O) groups is 1. The first-order valence-corrected chi connectivity index (χ1v) is 12.3. The van der Waals surface area contributed by atoms with E-state index < -0.39 is 0 Å². The van der Waals surface area contributed by atoms with E-state index in [2.05, 4.69) is 15.5 Å². The van der Waals surface area contributed by atoms with E-state index in [9.17, 15) is 4.79 Å². The van der Waals surface area contributed by atoms with Crippen LogP contribution in [0, 0.1) is 0 Å². The zero-order valence-electron chi connectivity index (χ0n) is 19.4. The summed E-state index contributed by atoms with van der Waals surface area (Å²) in [5.74, 6) is 1.79. The predicted molar refractivity (Wildman–Crippen MR) is 139 cm³/mol. The second-order valence-corrected chi connectivity index (χ2v) is 8.93. The van der Waals surface area contributed by atoms with Crippen molar-refractivity contribution in [2.45, 2.75) is 10.9 Å². The molecule has 0 unspecified atom stereocenters. The molecule has 3 aromatic carbocycles. The minimum atomic E-state index is -0.133. The van der Waals surface area contributed by atoms with Gasteiger partial charge in [-0.15, -0.1) is 10.2 Å². The summed E-state index contributed by atoms with van der Waals surface area (Å²) >= 11 is 7.80. The Balaban J connectivity index is 1.66. The molecule has 0 aliphatic rings. The number of ether oxygens (including phenoxy) is 2. The number of hydrogen-bond donors (Lipinski definition) is 1. The Bertz CT molecular complexity index is 1310. The molecular weight excluding hydrogens is 484 g/mol. The molecule has 0 atom stereocenters. The van der Waals surface area contributed by atoms with Gasteiger partial charge in [0.2, 0.25) is 0 Å². The van der Waals surface area contributed by atoms with Gasteiger partial charge in [0.1, 0.15) is 5.75 Å². The van der Waals surface area contributed by atoms with Gasteiger partial charge in [-0.05, 0) is 42.0 Å². The normalized spacial score (nSPS) is 10.8. The van der Waals surface area contributed by atoms with Gasteiger partial charge < -0.3 is 14.8 Å². The summed E-state index contributed by atoms with van der Waals surface area (Å²) in [6.45, 7) is 0.905. The van der Waals surface area contributed by atoms with E-state index in [-0.39, 0.29) is 5.91 Å². The zero-order chi connectivity index (χ0) is 24.6. The first-order chi connectivity index (χ1) is 17.1. The number of nitrogens with one attached hydrogen (secondary N) is 1. The molecule has 35 heavy (non-hydrogen) atoms. The van der Waals surface area contributed by atoms with Gasteiger partial charge >= 0.3 is 0 Å². The molecule has 0 spiro atoms. The number of rotatable bonds is 10. The number of hydrogen-bond acceptors (Lipinski definition) is 6. The molecule has 0 radical (unpaired) electrons. The van der Waals surface area contributed by atoms with Gasteiger partial charge in [0.15, 0.2) is 11.0 Å². The van der Waals surface area contributed by atoms with Crippen LogP contribution in [0.25, 0.3) is 17.1 Å². The van der Waals surface area contributed by atoms with E-state index in [1.54, 1.807) is 14.2 Å². The number of nitrogens with zero attached hydrogens (tertiary/aromatic N) is 3. The van der Waals surface area contributed by atoms with E-state index in [4.69, 9.17) is 21.1 Å². The number of amides is 1. The highest BCUT2D eigenvalue weighted by molar-refractivity contribution is 7.98. The number of carbonyl (C=O) groups excluding carboxylic acids is 1. The van der Waals surface area contributed by atoms with Crippen LogP contribution >= 0.6 is 23.4 Å². The number of aromatic nitrogens is 3. The molecular formula is C26H25ClN4O3S. The topological polar surface area (TPSA) is 78.3 Å². The van der Waals surface area contributed by atoms with Gasteiger partial charge in [0.25, 0.3) is 5.91 Å². The van der Waals surface area contributed by atoms with Gasteiger partial charge in [-0.1, -0.05) is 59.8 Å². The van der Waals surface area contributed by atoms with Crippen LogP contribution in [0.15, 0.2) is 78.0 Å². The third-order valence-electron chi connectivity index (χ3n) is 5.24. The lowest BCUT2D eigenvalue weighted by Gasteiger charge is -2.13. The minimum Gasteiger partial charge on any atom is -0.497 e. The summed E-state index contributed by atoms with van der Waals surface area (Å²) in [6, 6.07) is 22.8. The van der Waals surface area contributed by atoms with E-state index >= 15 is 0 Å². The molecule has 1 amide bonds. The SMILES string of the molecule is COCCNC(=O)c1ccccc1CSc1nnc(-c2cccc(OC)c2)n1-c1cccc(Cl)c1. The highest BCUT2D eigenvalue weighted by Gasteiger charge is 2.18. The molecule has 0 saturated carbocycles. The Morgan fingerprint density at radius 1 is 1.03 bits per heavy atom. The highest BCUT2D eigenvalue weighted by Crippen LogP contribution is 2.32. The van der Waals surface area contributed by atoms with Crippen LogP contribution in [-0.2, 0) is 10.5 Å². The maximum Gasteiger partial charge on any atom is 0.251 e. The fraction of sp³-hybridized carbons (Fsp3) is 0.192. The Kier molecular flexibility index (Phi) is 8.41. The van der Waals surface area contributed by atoms with Gasteiger partial charge in [0.05, 0.1) is 19.4 Å². The minimum absolute atomic E-state index is 0.133. The number of methoxy groups -OCH3 is 2. The van der Waals surface area contributed by atoms with E-state index in [0.29, 0.717) is 40.5 Å². The summed E-state index contributed by atoms with van der Waals surface area (Å²) in [5, 5.41) is 13.1. The van der Waals surface area contributed by atoms with Crippen molar-refractivity contribution in [2.24, 2.45) is 0 Å². The van der Waals surface area contributed by atoms with Gasteiger partial charge in [-0.25, -0.2) is 0 Å². The Morgan fingerprint density at radius 2 is 1.86 bits per heavy atom. The lowest BCUT2D eigenvalue weighted by Crippen LogP contribution is -2.27. The Labute approximate surface area is 213 Å². The predicted octanol–water partition coefficient (Wildman–Crippen LogP) is 5.26. The molecule has 1 aromatic heterocycles. The molecule has 7 nitrogen and oxygen atoms in total. The highest BCUT2D eigenvalue weighted by atomic mass is 35.5. The third kappa shape index (κ3) is 6.03. The fourth-order valence-electron chi connectivity index (χ4n) is 3.53. The van der Waals surface area contributed by atoms with Crippen LogP contribution in [0.1, 0.15) is 15.9 Å². The van der Waals surface area contributed by atoms with Crippen LogP contribution in [0.3, 0.4) is 0 Å². The Morgan fingerprint density at radius 3 is 2.66 bits per heavy atom. The van der Waals surface area contributed by atoms with Crippen LogP contribution < -0.4 is 10.1 Å². The first-order valence-electron chi connectivity index (χ1n) is 10.9. The molecule has 0 bridgehead atoms. The summed E-state index contributed by atoms with van der Waals surface area (Å²) in [6.07, 6.45) is 0. The standard InChI is InChI=1S/C26H25ClN4O3S/c1-33-14-13-28-25(32)23-12-4-3-7-19(23)17-35-26-30-29-24(18-8-5-11-22(15-18)34-2)31(26)21-10-6-9-20(27)16-21/h3-12,15-16H,13-14,17H2,1-2H3,(H,28,32). The quantitative estimate of drug-likeness (QED) is 0.232. The van der Waals surface area contributed by atoms with Crippen LogP contribution in [-0.4, -0.2) is 48.0 Å². The van der Waals surface area contributed by atoms with Crippen LogP contribution in [0.4, 0.5) is 0 Å². The van der Waals surface area contributed by atoms with Crippen molar-refractivity contribution in [3.05, 3.63) is 88.9 Å². The average molecular weight is 509 g/mol. The fourth-order valence-corrected chi connectivity index (χ4v) is 4.67. The average Bonchev–Trinajstić information content (AvgIpc) is 3.32. The van der Waals surface area contributed by atoms with Gasteiger partial charge in [-0.3, -0.25) is 9.36 Å². The molecule has 1 heterocycles. The maximum absolute atomic E-state index is 12.7. The number of thioether (sulfide) groups is 1. The second-order valence-electron chi connectivity index (χ2n) is 7.55. The molecule has 0 fully saturated rings. The van der Waals surface area contributed by atoms with E-state index in [1.165, 1.54) is 11.8 Å².